The van der Waals surface area contributed by atoms with Gasteiger partial charge in [0.2, 0.25) is 21.1 Å². The molecule has 12 heteroatoms. The third kappa shape index (κ3) is 5.02. The summed E-state index contributed by atoms with van der Waals surface area (Å²) < 4.78 is 41.4. The second kappa shape index (κ2) is 9.49. The molecular formula is C21H23FN6O3S2. The third-order valence-corrected chi connectivity index (χ3v) is 8.19. The summed E-state index contributed by atoms with van der Waals surface area (Å²) in [7, 11) is -3.51. The van der Waals surface area contributed by atoms with E-state index in [1.54, 1.807) is 31.2 Å². The molecule has 33 heavy (non-hydrogen) atoms. The number of nitrogens with zero attached hydrogens (tertiary/aromatic N) is 4. The van der Waals surface area contributed by atoms with Crippen molar-refractivity contribution in [1.82, 2.24) is 19.2 Å². The van der Waals surface area contributed by atoms with Crippen molar-refractivity contribution in [3.8, 4) is 11.4 Å². The van der Waals surface area contributed by atoms with Gasteiger partial charge in [0.25, 0.3) is 0 Å². The van der Waals surface area contributed by atoms with E-state index in [1.807, 2.05) is 0 Å². The van der Waals surface area contributed by atoms with Crippen molar-refractivity contribution >= 4 is 33.4 Å². The molecule has 1 fully saturated rings. The molecule has 0 spiro atoms. The largest absolute Gasteiger partial charge is 0.335 e. The van der Waals surface area contributed by atoms with Crippen LogP contribution in [0.1, 0.15) is 19.8 Å². The summed E-state index contributed by atoms with van der Waals surface area (Å²) in [4.78, 5) is 12.8. The monoisotopic (exact) mass is 490 g/mol. The van der Waals surface area contributed by atoms with Gasteiger partial charge in [0.15, 0.2) is 5.82 Å². The van der Waals surface area contributed by atoms with Gasteiger partial charge in [0.1, 0.15) is 5.82 Å². The van der Waals surface area contributed by atoms with E-state index in [4.69, 9.17) is 5.84 Å². The first-order chi connectivity index (χ1) is 15.8. The summed E-state index contributed by atoms with van der Waals surface area (Å²) in [5.41, 5.74) is 0.945. The van der Waals surface area contributed by atoms with Crippen LogP contribution in [0.5, 0.6) is 0 Å². The molecule has 4 rings (SSSR count). The minimum absolute atomic E-state index is 0.200. The van der Waals surface area contributed by atoms with Gasteiger partial charge in [0, 0.05) is 24.3 Å². The van der Waals surface area contributed by atoms with Gasteiger partial charge in [-0.05, 0) is 56.2 Å². The van der Waals surface area contributed by atoms with E-state index in [2.05, 4.69) is 15.5 Å². The van der Waals surface area contributed by atoms with Crippen LogP contribution >= 0.6 is 11.8 Å². The number of hydrogen-bond donors (Lipinski definition) is 2. The van der Waals surface area contributed by atoms with Crippen molar-refractivity contribution in [3.05, 3.63) is 54.3 Å². The van der Waals surface area contributed by atoms with E-state index < -0.39 is 21.1 Å². The predicted octanol–water partition coefficient (Wildman–Crippen LogP) is 2.70. The number of amides is 1. The summed E-state index contributed by atoms with van der Waals surface area (Å²) in [6.45, 7) is 2.74. The fourth-order valence-electron chi connectivity index (χ4n) is 3.43. The van der Waals surface area contributed by atoms with E-state index >= 15 is 0 Å². The maximum atomic E-state index is 13.5. The van der Waals surface area contributed by atoms with E-state index in [0.717, 1.165) is 24.6 Å². The number of nitrogens with two attached hydrogens (primary N) is 1. The molecule has 0 aliphatic carbocycles. The number of aromatic nitrogens is 3. The van der Waals surface area contributed by atoms with Crippen molar-refractivity contribution in [3.63, 3.8) is 0 Å². The lowest BCUT2D eigenvalue weighted by atomic mass is 10.2. The lowest BCUT2D eigenvalue weighted by molar-refractivity contribution is -0.115. The number of carbonyl (C=O) groups is 1. The average molecular weight is 491 g/mol. The van der Waals surface area contributed by atoms with Gasteiger partial charge in [-0.25, -0.2) is 17.5 Å². The number of rotatable bonds is 7. The number of anilines is 1. The summed E-state index contributed by atoms with van der Waals surface area (Å²) in [5.74, 6) is 5.59. The lowest BCUT2D eigenvalue weighted by Crippen LogP contribution is -2.28. The van der Waals surface area contributed by atoms with E-state index in [9.17, 15) is 17.6 Å². The molecule has 1 atom stereocenters. The van der Waals surface area contributed by atoms with Crippen molar-refractivity contribution < 1.29 is 17.6 Å². The highest BCUT2D eigenvalue weighted by atomic mass is 32.2. The molecule has 1 aromatic heterocycles. The number of nitrogen functional groups attached to an aromatic ring is 1. The molecule has 3 aromatic rings. The zero-order chi connectivity index (χ0) is 23.6. The van der Waals surface area contributed by atoms with Crippen molar-refractivity contribution in [2.24, 2.45) is 0 Å². The topological polar surface area (TPSA) is 123 Å². The quantitative estimate of drug-likeness (QED) is 0.386. The van der Waals surface area contributed by atoms with Gasteiger partial charge in [-0.2, -0.15) is 4.31 Å². The third-order valence-electron chi connectivity index (χ3n) is 5.22. The lowest BCUT2D eigenvalue weighted by Gasteiger charge is -2.16. The zero-order valence-electron chi connectivity index (χ0n) is 17.8. The molecule has 2 heterocycles. The summed E-state index contributed by atoms with van der Waals surface area (Å²) in [6, 6.07) is 11.9. The van der Waals surface area contributed by atoms with Crippen LogP contribution in [0.2, 0.25) is 0 Å². The first kappa shape index (κ1) is 23.2. The summed E-state index contributed by atoms with van der Waals surface area (Å²) in [5, 5.41) is 10.5. The molecule has 0 saturated carbocycles. The van der Waals surface area contributed by atoms with E-state index in [1.165, 1.54) is 33.2 Å². The minimum atomic E-state index is -3.51. The van der Waals surface area contributed by atoms with E-state index in [-0.39, 0.29) is 16.6 Å². The Balaban J connectivity index is 1.40. The molecule has 0 radical (unpaired) electrons. The Kier molecular flexibility index (Phi) is 6.68. The number of carbonyl (C=O) groups excluding carboxylic acids is 1. The molecule has 0 unspecified atom stereocenters. The number of sulfonamides is 1. The maximum Gasteiger partial charge on any atom is 0.243 e. The maximum absolute atomic E-state index is 13.5. The molecule has 9 nitrogen and oxygen atoms in total. The Morgan fingerprint density at radius 3 is 2.52 bits per heavy atom. The van der Waals surface area contributed by atoms with Crippen LogP contribution in [-0.4, -0.2) is 51.8 Å². The van der Waals surface area contributed by atoms with Crippen LogP contribution in [0.25, 0.3) is 11.4 Å². The van der Waals surface area contributed by atoms with Gasteiger partial charge in [-0.3, -0.25) is 4.79 Å². The van der Waals surface area contributed by atoms with Gasteiger partial charge >= 0.3 is 0 Å². The van der Waals surface area contributed by atoms with Crippen molar-refractivity contribution in [2.75, 3.05) is 24.2 Å². The number of halogens is 1. The van der Waals surface area contributed by atoms with Crippen LogP contribution in [0.4, 0.5) is 10.1 Å². The molecule has 1 saturated heterocycles. The molecule has 1 amide bonds. The van der Waals surface area contributed by atoms with Crippen LogP contribution in [-0.2, 0) is 14.8 Å². The Hall–Kier alpha value is -2.96. The van der Waals surface area contributed by atoms with Gasteiger partial charge in [-0.1, -0.05) is 23.9 Å². The number of thioether (sulfide) groups is 1. The van der Waals surface area contributed by atoms with Crippen molar-refractivity contribution in [1.29, 1.82) is 0 Å². The van der Waals surface area contributed by atoms with Gasteiger partial charge in [0.05, 0.1) is 10.1 Å². The number of hydrogen-bond acceptors (Lipinski definition) is 7. The number of nitrogens with one attached hydrogen (secondary N) is 1. The number of benzene rings is 2. The zero-order valence-corrected chi connectivity index (χ0v) is 19.4. The second-order valence-corrected chi connectivity index (χ2v) is 10.8. The van der Waals surface area contributed by atoms with Crippen LogP contribution < -0.4 is 11.2 Å². The van der Waals surface area contributed by atoms with E-state index in [0.29, 0.717) is 29.5 Å². The SMILES string of the molecule is C[C@H](Sc1nnc(-c2cccc(F)c2)n1N)C(=O)Nc1ccc(S(=O)(=O)N2CCCC2)cc1. The highest BCUT2D eigenvalue weighted by Crippen LogP contribution is 2.26. The summed E-state index contributed by atoms with van der Waals surface area (Å²) in [6.07, 6.45) is 1.73. The first-order valence-electron chi connectivity index (χ1n) is 10.3. The molecule has 0 bridgehead atoms. The summed E-state index contributed by atoms with van der Waals surface area (Å²) >= 11 is 1.10. The Morgan fingerprint density at radius 2 is 1.85 bits per heavy atom. The van der Waals surface area contributed by atoms with Crippen LogP contribution in [0.3, 0.4) is 0 Å². The fraction of sp³-hybridized carbons (Fsp3) is 0.286. The highest BCUT2D eigenvalue weighted by Gasteiger charge is 2.27. The molecule has 174 valence electrons. The smallest absolute Gasteiger partial charge is 0.243 e. The first-order valence-corrected chi connectivity index (χ1v) is 12.6. The second-order valence-electron chi connectivity index (χ2n) is 7.57. The molecule has 1 aliphatic heterocycles. The molecule has 1 aliphatic rings. The molecule has 2 aromatic carbocycles. The highest BCUT2D eigenvalue weighted by molar-refractivity contribution is 8.00. The van der Waals surface area contributed by atoms with Crippen molar-refractivity contribution in [2.45, 2.75) is 35.1 Å². The Labute approximate surface area is 195 Å². The van der Waals surface area contributed by atoms with Gasteiger partial charge in [-0.15, -0.1) is 10.2 Å². The molecule has 3 N–H and O–H groups in total. The normalized spacial score (nSPS) is 15.5. The standard InChI is InChI=1S/C21H23FN6O3S2/c1-14(32-21-26-25-19(28(21)23)15-5-4-6-16(22)13-15)20(29)24-17-7-9-18(10-8-17)33(30,31)27-11-2-3-12-27/h4-10,13-14H,2-3,11-12,23H2,1H3,(H,24,29)/t14-/m0/s1. The average Bonchev–Trinajstić information content (AvgIpc) is 3.45. The van der Waals surface area contributed by atoms with Gasteiger partial charge < -0.3 is 11.2 Å². The minimum Gasteiger partial charge on any atom is -0.335 e. The van der Waals surface area contributed by atoms with Crippen LogP contribution in [0, 0.1) is 5.82 Å². The Bertz CT molecular complexity index is 1260. The Morgan fingerprint density at radius 1 is 1.15 bits per heavy atom. The van der Waals surface area contributed by atoms with Crippen LogP contribution in [0.15, 0.2) is 58.6 Å². The fourth-order valence-corrected chi connectivity index (χ4v) is 5.71. The molecular weight excluding hydrogens is 467 g/mol. The predicted molar refractivity (Wildman–Crippen MR) is 124 cm³/mol.